The maximum absolute atomic E-state index is 10.5. The van der Waals surface area contributed by atoms with Gasteiger partial charge in [-0.25, -0.2) is 0 Å². The third-order valence-corrected chi connectivity index (χ3v) is 3.61. The van der Waals surface area contributed by atoms with Gasteiger partial charge in [-0.15, -0.1) is 0 Å². The molecule has 0 amide bonds. The zero-order chi connectivity index (χ0) is 12.3. The zero-order valence-corrected chi connectivity index (χ0v) is 9.71. The van der Waals surface area contributed by atoms with E-state index in [-0.39, 0.29) is 6.54 Å². The van der Waals surface area contributed by atoms with Crippen LogP contribution in [0.3, 0.4) is 0 Å². The van der Waals surface area contributed by atoms with Crippen molar-refractivity contribution < 1.29 is 10.0 Å². The molecule has 1 saturated carbocycles. The van der Waals surface area contributed by atoms with E-state index in [9.17, 15) is 15.2 Å². The van der Waals surface area contributed by atoms with Gasteiger partial charge in [-0.1, -0.05) is 30.3 Å². The Morgan fingerprint density at radius 1 is 1.29 bits per heavy atom. The molecule has 92 valence electrons. The summed E-state index contributed by atoms with van der Waals surface area (Å²) in [6.45, 7) is -0.325. The van der Waals surface area contributed by atoms with Gasteiger partial charge in [0.05, 0.1) is 0 Å². The number of nitro groups is 1. The fraction of sp³-hybridized carbons (Fsp3) is 0.538. The standard InChI is InChI=1S/C13H17NO3/c15-13(10-14(16)17)8-6-12(7-9-13)11-4-2-1-3-5-11/h1-5,12,15H,6-10H2. The Labute approximate surface area is 100 Å². The number of benzene rings is 1. The van der Waals surface area contributed by atoms with Crippen LogP contribution in [0, 0.1) is 10.1 Å². The van der Waals surface area contributed by atoms with Crippen molar-refractivity contribution in [3.05, 3.63) is 46.0 Å². The third kappa shape index (κ3) is 3.03. The van der Waals surface area contributed by atoms with Gasteiger partial charge in [0.1, 0.15) is 5.60 Å². The van der Waals surface area contributed by atoms with E-state index in [1.165, 1.54) is 5.56 Å². The predicted octanol–water partition coefficient (Wildman–Crippen LogP) is 2.35. The molecule has 4 heteroatoms. The van der Waals surface area contributed by atoms with Crippen LogP contribution in [-0.4, -0.2) is 22.2 Å². The predicted molar refractivity (Wildman–Crippen MR) is 64.5 cm³/mol. The average molecular weight is 235 g/mol. The first-order chi connectivity index (χ1) is 8.09. The Morgan fingerprint density at radius 3 is 2.41 bits per heavy atom. The maximum atomic E-state index is 10.5. The van der Waals surface area contributed by atoms with Crippen molar-refractivity contribution in [3.8, 4) is 0 Å². The first-order valence-electron chi connectivity index (χ1n) is 5.98. The van der Waals surface area contributed by atoms with Crippen LogP contribution < -0.4 is 0 Å². The maximum Gasteiger partial charge on any atom is 0.232 e. The first kappa shape index (κ1) is 12.0. The zero-order valence-electron chi connectivity index (χ0n) is 9.71. The SMILES string of the molecule is O=[N+]([O-])CC1(O)CCC(c2ccccc2)CC1. The molecule has 0 unspecified atom stereocenters. The van der Waals surface area contributed by atoms with Gasteiger partial charge < -0.3 is 5.11 Å². The molecule has 0 bridgehead atoms. The van der Waals surface area contributed by atoms with Crippen LogP contribution in [-0.2, 0) is 0 Å². The van der Waals surface area contributed by atoms with Gasteiger partial charge in [0, 0.05) is 4.92 Å². The van der Waals surface area contributed by atoms with Crippen molar-refractivity contribution in [3.63, 3.8) is 0 Å². The van der Waals surface area contributed by atoms with Crippen molar-refractivity contribution in [1.82, 2.24) is 0 Å². The second kappa shape index (κ2) is 4.84. The van der Waals surface area contributed by atoms with Crippen LogP contribution in [0.4, 0.5) is 0 Å². The van der Waals surface area contributed by atoms with Gasteiger partial charge in [0.2, 0.25) is 6.54 Å². The van der Waals surface area contributed by atoms with Crippen molar-refractivity contribution in [2.45, 2.75) is 37.2 Å². The van der Waals surface area contributed by atoms with E-state index in [1.807, 2.05) is 18.2 Å². The molecular formula is C13H17NO3. The van der Waals surface area contributed by atoms with E-state index in [0.29, 0.717) is 18.8 Å². The molecule has 0 spiro atoms. The summed E-state index contributed by atoms with van der Waals surface area (Å²) < 4.78 is 0. The summed E-state index contributed by atoms with van der Waals surface area (Å²) in [7, 11) is 0. The Balaban J connectivity index is 1.96. The highest BCUT2D eigenvalue weighted by Crippen LogP contribution is 2.37. The van der Waals surface area contributed by atoms with Crippen molar-refractivity contribution in [1.29, 1.82) is 0 Å². The molecular weight excluding hydrogens is 218 g/mol. The second-order valence-electron chi connectivity index (χ2n) is 4.90. The minimum absolute atomic E-state index is 0.325. The highest BCUT2D eigenvalue weighted by Gasteiger charge is 2.37. The average Bonchev–Trinajstić information content (AvgIpc) is 2.29. The third-order valence-electron chi connectivity index (χ3n) is 3.61. The van der Waals surface area contributed by atoms with E-state index in [4.69, 9.17) is 0 Å². The van der Waals surface area contributed by atoms with Crippen LogP contribution in [0.25, 0.3) is 0 Å². The Hall–Kier alpha value is -1.42. The Bertz CT molecular complexity index is 383. The largest absolute Gasteiger partial charge is 0.383 e. The molecule has 1 aromatic carbocycles. The normalized spacial score (nSPS) is 28.9. The van der Waals surface area contributed by atoms with Crippen LogP contribution in [0.1, 0.15) is 37.2 Å². The molecule has 0 radical (unpaired) electrons. The van der Waals surface area contributed by atoms with Crippen LogP contribution in [0.15, 0.2) is 30.3 Å². The van der Waals surface area contributed by atoms with Crippen LogP contribution in [0.5, 0.6) is 0 Å². The second-order valence-corrected chi connectivity index (χ2v) is 4.90. The Kier molecular flexibility index (Phi) is 3.43. The minimum Gasteiger partial charge on any atom is -0.383 e. The number of hydrogen-bond acceptors (Lipinski definition) is 3. The van der Waals surface area contributed by atoms with Gasteiger partial charge in [0.15, 0.2) is 0 Å². The van der Waals surface area contributed by atoms with Gasteiger partial charge in [-0.05, 0) is 37.2 Å². The minimum atomic E-state index is -1.09. The highest BCUT2D eigenvalue weighted by atomic mass is 16.6. The number of nitrogens with zero attached hydrogens (tertiary/aromatic N) is 1. The molecule has 0 aliphatic heterocycles. The summed E-state index contributed by atoms with van der Waals surface area (Å²) >= 11 is 0. The lowest BCUT2D eigenvalue weighted by Gasteiger charge is -2.33. The first-order valence-corrected chi connectivity index (χ1v) is 5.98. The molecule has 1 fully saturated rings. The van der Waals surface area contributed by atoms with Crippen molar-refractivity contribution in [2.24, 2.45) is 0 Å². The summed E-state index contributed by atoms with van der Waals surface area (Å²) in [4.78, 5) is 10.1. The van der Waals surface area contributed by atoms with E-state index in [0.717, 1.165) is 12.8 Å². The van der Waals surface area contributed by atoms with Crippen molar-refractivity contribution in [2.75, 3.05) is 6.54 Å². The summed E-state index contributed by atoms with van der Waals surface area (Å²) in [6, 6.07) is 10.2. The quantitative estimate of drug-likeness (QED) is 0.646. The topological polar surface area (TPSA) is 63.4 Å². The van der Waals surface area contributed by atoms with E-state index in [2.05, 4.69) is 12.1 Å². The number of hydrogen-bond donors (Lipinski definition) is 1. The molecule has 1 aromatic rings. The molecule has 1 aliphatic rings. The molecule has 0 heterocycles. The smallest absolute Gasteiger partial charge is 0.232 e. The molecule has 17 heavy (non-hydrogen) atoms. The summed E-state index contributed by atoms with van der Waals surface area (Å²) in [6.07, 6.45) is 2.70. The monoisotopic (exact) mass is 235 g/mol. The lowest BCUT2D eigenvalue weighted by molar-refractivity contribution is -0.502. The summed E-state index contributed by atoms with van der Waals surface area (Å²) in [5, 5.41) is 20.5. The lowest BCUT2D eigenvalue weighted by Crippen LogP contribution is -2.40. The van der Waals surface area contributed by atoms with Gasteiger partial charge in [0.25, 0.3) is 0 Å². The molecule has 1 N–H and O–H groups in total. The lowest BCUT2D eigenvalue weighted by atomic mass is 9.76. The highest BCUT2D eigenvalue weighted by molar-refractivity contribution is 5.20. The van der Waals surface area contributed by atoms with Crippen molar-refractivity contribution >= 4 is 0 Å². The Morgan fingerprint density at radius 2 is 1.88 bits per heavy atom. The van der Waals surface area contributed by atoms with E-state index < -0.39 is 10.5 Å². The number of rotatable bonds is 3. The fourth-order valence-corrected chi connectivity index (χ4v) is 2.61. The molecule has 0 aromatic heterocycles. The molecule has 1 aliphatic carbocycles. The van der Waals surface area contributed by atoms with Crippen LogP contribution >= 0.6 is 0 Å². The molecule has 0 atom stereocenters. The fourth-order valence-electron chi connectivity index (χ4n) is 2.61. The molecule has 4 nitrogen and oxygen atoms in total. The summed E-state index contributed by atoms with van der Waals surface area (Å²) in [5.74, 6) is 0.434. The van der Waals surface area contributed by atoms with Gasteiger partial charge in [-0.2, -0.15) is 0 Å². The van der Waals surface area contributed by atoms with E-state index >= 15 is 0 Å². The summed E-state index contributed by atoms with van der Waals surface area (Å²) in [5.41, 5.74) is 0.185. The van der Waals surface area contributed by atoms with E-state index in [1.54, 1.807) is 0 Å². The van der Waals surface area contributed by atoms with Gasteiger partial charge >= 0.3 is 0 Å². The number of aliphatic hydroxyl groups is 1. The molecule has 0 saturated heterocycles. The van der Waals surface area contributed by atoms with Gasteiger partial charge in [-0.3, -0.25) is 10.1 Å². The molecule has 2 rings (SSSR count). The van der Waals surface area contributed by atoms with Crippen LogP contribution in [0.2, 0.25) is 0 Å².